The number of piperidine rings is 1. The van der Waals surface area contributed by atoms with Crippen LogP contribution in [-0.4, -0.2) is 78.5 Å². The Kier molecular flexibility index (Phi) is 7.54. The molecular formula is C26H31Cl2N3O4. The minimum Gasteiger partial charge on any atom is -0.436 e. The Morgan fingerprint density at radius 2 is 1.83 bits per heavy atom. The molecule has 3 aliphatic rings. The van der Waals surface area contributed by atoms with Gasteiger partial charge in [0.1, 0.15) is 0 Å². The number of benzene rings is 1. The summed E-state index contributed by atoms with van der Waals surface area (Å²) in [5.74, 6) is 2.28. The Morgan fingerprint density at radius 3 is 2.43 bits per heavy atom. The van der Waals surface area contributed by atoms with Crippen molar-refractivity contribution in [3.8, 4) is 12.3 Å². The summed E-state index contributed by atoms with van der Waals surface area (Å²) >= 11 is 12.4. The van der Waals surface area contributed by atoms with Crippen LogP contribution in [0.2, 0.25) is 10.0 Å². The van der Waals surface area contributed by atoms with Gasteiger partial charge in [0.2, 0.25) is 11.8 Å². The molecule has 1 aliphatic carbocycles. The molecule has 2 atom stereocenters. The van der Waals surface area contributed by atoms with Crippen molar-refractivity contribution >= 4 is 41.1 Å². The second-order valence-corrected chi connectivity index (χ2v) is 10.9. The molecular weight excluding hydrogens is 489 g/mol. The number of halogens is 2. The van der Waals surface area contributed by atoms with Crippen molar-refractivity contribution in [3.63, 3.8) is 0 Å². The average Bonchev–Trinajstić information content (AvgIpc) is 3.46. The van der Waals surface area contributed by atoms with E-state index in [2.05, 4.69) is 5.92 Å². The van der Waals surface area contributed by atoms with Gasteiger partial charge < -0.3 is 19.4 Å². The standard InChI is InChI=1S/C26H31Cl2N3O4/c1-4-13-35-25(34)29(3)22-16-31(15-19(22)18-5-6-20(27)21(28)14-18)23(32)17-7-11-30(12-8-17)24(33)26(2)9-10-26/h1,5-6,14,17,19,22H,7-13,15-16H2,2-3H3. The number of amides is 3. The number of hydrogen-bond acceptors (Lipinski definition) is 4. The normalized spacial score (nSPS) is 23.5. The van der Waals surface area contributed by atoms with Gasteiger partial charge in [0.15, 0.2) is 6.61 Å². The van der Waals surface area contributed by atoms with E-state index in [-0.39, 0.29) is 41.7 Å². The van der Waals surface area contributed by atoms with Gasteiger partial charge >= 0.3 is 6.09 Å². The van der Waals surface area contributed by atoms with Gasteiger partial charge in [-0.2, -0.15) is 0 Å². The zero-order valence-electron chi connectivity index (χ0n) is 20.1. The van der Waals surface area contributed by atoms with Crippen molar-refractivity contribution in [2.75, 3.05) is 39.8 Å². The number of ether oxygens (including phenoxy) is 1. The van der Waals surface area contributed by atoms with Crippen molar-refractivity contribution < 1.29 is 19.1 Å². The largest absolute Gasteiger partial charge is 0.436 e. The Hall–Kier alpha value is -2.43. The topological polar surface area (TPSA) is 70.2 Å². The van der Waals surface area contributed by atoms with Crippen LogP contribution in [0.5, 0.6) is 0 Å². The number of likely N-dealkylation sites (tertiary alicyclic amines) is 2. The SMILES string of the molecule is C#CCOC(=O)N(C)C1CN(C(=O)C2CCN(C(=O)C3(C)CC3)CC2)CC1c1ccc(Cl)c(Cl)c1. The monoisotopic (exact) mass is 519 g/mol. The molecule has 4 rings (SSSR count). The quantitative estimate of drug-likeness (QED) is 0.550. The molecule has 1 aromatic carbocycles. The maximum absolute atomic E-state index is 13.5. The van der Waals surface area contributed by atoms with E-state index in [1.165, 1.54) is 4.90 Å². The molecule has 2 aliphatic heterocycles. The van der Waals surface area contributed by atoms with Gasteiger partial charge in [-0.15, -0.1) is 6.42 Å². The van der Waals surface area contributed by atoms with Crippen LogP contribution in [0.3, 0.4) is 0 Å². The first-order valence-corrected chi connectivity index (χ1v) is 12.8. The van der Waals surface area contributed by atoms with Crippen molar-refractivity contribution in [2.24, 2.45) is 11.3 Å². The highest BCUT2D eigenvalue weighted by Gasteiger charge is 2.48. The number of terminal acetylenes is 1. The molecule has 3 fully saturated rings. The van der Waals surface area contributed by atoms with Gasteiger partial charge in [0, 0.05) is 50.5 Å². The molecule has 0 radical (unpaired) electrons. The predicted octanol–water partition coefficient (Wildman–Crippen LogP) is 4.03. The van der Waals surface area contributed by atoms with E-state index in [4.69, 9.17) is 34.4 Å². The van der Waals surface area contributed by atoms with Gasteiger partial charge in [-0.3, -0.25) is 9.59 Å². The number of likely N-dealkylation sites (N-methyl/N-ethyl adjacent to an activating group) is 1. The van der Waals surface area contributed by atoms with E-state index >= 15 is 0 Å². The fourth-order valence-corrected chi connectivity index (χ4v) is 5.45. The molecule has 2 heterocycles. The molecule has 2 unspecified atom stereocenters. The molecule has 0 N–H and O–H groups in total. The predicted molar refractivity (Wildman–Crippen MR) is 134 cm³/mol. The molecule has 1 saturated carbocycles. The molecule has 35 heavy (non-hydrogen) atoms. The summed E-state index contributed by atoms with van der Waals surface area (Å²) in [6, 6.07) is 5.09. The van der Waals surface area contributed by atoms with Gasteiger partial charge in [0.25, 0.3) is 0 Å². The molecule has 3 amide bonds. The van der Waals surface area contributed by atoms with E-state index in [1.807, 2.05) is 22.8 Å². The Morgan fingerprint density at radius 1 is 1.14 bits per heavy atom. The number of rotatable bonds is 5. The fourth-order valence-electron chi connectivity index (χ4n) is 5.14. The number of carbonyl (C=O) groups excluding carboxylic acids is 3. The third-order valence-electron chi connectivity index (χ3n) is 7.68. The minimum atomic E-state index is -0.535. The van der Waals surface area contributed by atoms with Crippen LogP contribution in [0, 0.1) is 23.7 Å². The van der Waals surface area contributed by atoms with E-state index in [9.17, 15) is 14.4 Å². The highest BCUT2D eigenvalue weighted by atomic mass is 35.5. The summed E-state index contributed by atoms with van der Waals surface area (Å²) in [7, 11) is 1.66. The van der Waals surface area contributed by atoms with Crippen molar-refractivity contribution in [1.29, 1.82) is 0 Å². The lowest BCUT2D eigenvalue weighted by molar-refractivity contribution is -0.142. The molecule has 188 valence electrons. The second-order valence-electron chi connectivity index (χ2n) is 10.1. The summed E-state index contributed by atoms with van der Waals surface area (Å²) in [6.07, 6.45) is 7.90. The first kappa shape index (κ1) is 25.7. The third kappa shape index (κ3) is 5.39. The van der Waals surface area contributed by atoms with Crippen LogP contribution in [0.15, 0.2) is 18.2 Å². The van der Waals surface area contributed by atoms with Gasteiger partial charge in [0.05, 0.1) is 16.1 Å². The highest BCUT2D eigenvalue weighted by Crippen LogP contribution is 2.47. The molecule has 0 spiro atoms. The van der Waals surface area contributed by atoms with Crippen LogP contribution < -0.4 is 0 Å². The smallest absolute Gasteiger partial charge is 0.410 e. The maximum Gasteiger partial charge on any atom is 0.410 e. The molecule has 9 heteroatoms. The van der Waals surface area contributed by atoms with Crippen LogP contribution in [-0.2, 0) is 14.3 Å². The zero-order chi connectivity index (χ0) is 25.3. The van der Waals surface area contributed by atoms with E-state index in [1.54, 1.807) is 19.2 Å². The zero-order valence-corrected chi connectivity index (χ0v) is 21.6. The van der Waals surface area contributed by atoms with Gasteiger partial charge in [-0.05, 0) is 43.4 Å². The Balaban J connectivity index is 1.46. The summed E-state index contributed by atoms with van der Waals surface area (Å²) in [5.41, 5.74) is 0.708. The number of hydrogen-bond donors (Lipinski definition) is 0. The fraction of sp³-hybridized carbons (Fsp3) is 0.577. The average molecular weight is 520 g/mol. The van der Waals surface area contributed by atoms with Crippen LogP contribution in [0.1, 0.15) is 44.1 Å². The molecule has 0 bridgehead atoms. The van der Waals surface area contributed by atoms with E-state index < -0.39 is 6.09 Å². The van der Waals surface area contributed by atoms with E-state index in [0.29, 0.717) is 49.1 Å². The molecule has 0 aromatic heterocycles. The van der Waals surface area contributed by atoms with Gasteiger partial charge in [-0.1, -0.05) is 42.1 Å². The second kappa shape index (κ2) is 10.3. The van der Waals surface area contributed by atoms with Gasteiger partial charge in [-0.25, -0.2) is 4.79 Å². The lowest BCUT2D eigenvalue weighted by atomic mass is 9.93. The van der Waals surface area contributed by atoms with Crippen LogP contribution in [0.25, 0.3) is 0 Å². The van der Waals surface area contributed by atoms with Crippen molar-refractivity contribution in [1.82, 2.24) is 14.7 Å². The summed E-state index contributed by atoms with van der Waals surface area (Å²) in [5, 5.41) is 0.868. The maximum atomic E-state index is 13.5. The lowest BCUT2D eigenvalue weighted by Crippen LogP contribution is -2.46. The third-order valence-corrected chi connectivity index (χ3v) is 8.42. The van der Waals surface area contributed by atoms with Crippen molar-refractivity contribution in [2.45, 2.75) is 44.6 Å². The van der Waals surface area contributed by atoms with Crippen molar-refractivity contribution in [3.05, 3.63) is 33.8 Å². The first-order valence-electron chi connectivity index (χ1n) is 12.0. The first-order chi connectivity index (χ1) is 16.6. The summed E-state index contributed by atoms with van der Waals surface area (Å²) in [4.78, 5) is 44.0. The summed E-state index contributed by atoms with van der Waals surface area (Å²) < 4.78 is 5.13. The molecule has 7 nitrogen and oxygen atoms in total. The lowest BCUT2D eigenvalue weighted by Gasteiger charge is -2.34. The Bertz CT molecular complexity index is 1040. The molecule has 1 aromatic rings. The summed E-state index contributed by atoms with van der Waals surface area (Å²) in [6.45, 7) is 3.94. The Labute approximate surface area is 216 Å². The number of carbonyl (C=O) groups is 3. The highest BCUT2D eigenvalue weighted by molar-refractivity contribution is 6.42. The van der Waals surface area contributed by atoms with Crippen LogP contribution >= 0.6 is 23.2 Å². The van der Waals surface area contributed by atoms with E-state index in [0.717, 1.165) is 18.4 Å². The van der Waals surface area contributed by atoms with Crippen LogP contribution in [0.4, 0.5) is 4.79 Å². The molecule has 2 saturated heterocycles. The number of nitrogens with zero attached hydrogens (tertiary/aromatic N) is 3. The minimum absolute atomic E-state index is 0.0627.